The fourth-order valence-electron chi connectivity index (χ4n) is 8.95. The van der Waals surface area contributed by atoms with E-state index in [2.05, 4.69) is 264 Å². The SMILES string of the molecule is c1ccc(-c2ccc(N(c3ccc(-c4ccccc4)cc3)c3cccc(-c4ccc5c(c4)c4cc(-c6ccccc6)cc(-c6ccccc6)c4n5-c4ccccc4)c3)cc2)cc1. The van der Waals surface area contributed by atoms with Crippen LogP contribution in [0.5, 0.6) is 0 Å². The number of benzene rings is 10. The maximum Gasteiger partial charge on any atom is 0.0619 e. The van der Waals surface area contributed by atoms with Crippen molar-refractivity contribution in [2.75, 3.05) is 4.90 Å². The molecule has 0 radical (unpaired) electrons. The van der Waals surface area contributed by atoms with Crippen LogP contribution < -0.4 is 4.90 Å². The summed E-state index contributed by atoms with van der Waals surface area (Å²) in [7, 11) is 0. The van der Waals surface area contributed by atoms with Crippen LogP contribution in [0, 0.1) is 0 Å². The predicted octanol–water partition coefficient (Wildman–Crippen LogP) is 16.6. The van der Waals surface area contributed by atoms with Crippen molar-refractivity contribution < 1.29 is 0 Å². The number of para-hydroxylation sites is 1. The van der Waals surface area contributed by atoms with Crippen molar-refractivity contribution in [3.8, 4) is 61.3 Å². The molecule has 62 heavy (non-hydrogen) atoms. The topological polar surface area (TPSA) is 8.17 Å². The van der Waals surface area contributed by atoms with Gasteiger partial charge in [0.1, 0.15) is 0 Å². The average Bonchev–Trinajstić information content (AvgIpc) is 3.69. The van der Waals surface area contributed by atoms with E-state index in [0.29, 0.717) is 0 Å². The van der Waals surface area contributed by atoms with Gasteiger partial charge in [0.15, 0.2) is 0 Å². The van der Waals surface area contributed by atoms with E-state index < -0.39 is 0 Å². The molecule has 1 aromatic heterocycles. The van der Waals surface area contributed by atoms with Crippen LogP contribution in [0.1, 0.15) is 0 Å². The molecule has 0 bridgehead atoms. The molecule has 11 aromatic rings. The quantitative estimate of drug-likeness (QED) is 0.141. The van der Waals surface area contributed by atoms with Gasteiger partial charge in [-0.25, -0.2) is 0 Å². The molecule has 292 valence electrons. The van der Waals surface area contributed by atoms with Gasteiger partial charge in [-0.05, 0) is 123 Å². The molecule has 0 aliphatic heterocycles. The third-order valence-electron chi connectivity index (χ3n) is 12.0. The molecule has 0 fully saturated rings. The Balaban J connectivity index is 1.08. The maximum absolute atomic E-state index is 2.45. The summed E-state index contributed by atoms with van der Waals surface area (Å²) in [6.07, 6.45) is 0. The molecule has 10 aromatic carbocycles. The van der Waals surface area contributed by atoms with Gasteiger partial charge in [0, 0.05) is 39.1 Å². The predicted molar refractivity (Wildman–Crippen MR) is 263 cm³/mol. The second-order valence-electron chi connectivity index (χ2n) is 15.8. The van der Waals surface area contributed by atoms with Gasteiger partial charge < -0.3 is 9.47 Å². The van der Waals surface area contributed by atoms with Crippen molar-refractivity contribution in [3.05, 3.63) is 255 Å². The summed E-state index contributed by atoms with van der Waals surface area (Å²) in [4.78, 5) is 2.37. The Morgan fingerprint density at radius 3 is 1.23 bits per heavy atom. The van der Waals surface area contributed by atoms with Crippen molar-refractivity contribution in [2.24, 2.45) is 0 Å². The molecule has 0 atom stereocenters. The first kappa shape index (κ1) is 36.8. The number of fused-ring (bicyclic) bond motifs is 3. The lowest BCUT2D eigenvalue weighted by Gasteiger charge is -2.26. The highest BCUT2D eigenvalue weighted by molar-refractivity contribution is 6.16. The third kappa shape index (κ3) is 6.94. The van der Waals surface area contributed by atoms with Gasteiger partial charge in [0.2, 0.25) is 0 Å². The number of anilines is 3. The largest absolute Gasteiger partial charge is 0.310 e. The molecule has 2 heteroatoms. The first-order valence-electron chi connectivity index (χ1n) is 21.3. The summed E-state index contributed by atoms with van der Waals surface area (Å²) in [6.45, 7) is 0. The standard InChI is InChI=1S/C60H42N2/c1-6-17-43(18-7-1)46-29-34-53(35-30-46)61(54-36-31-47(32-37-54)44-19-8-2-9-20-44)55-28-16-25-49(39-55)50-33-38-59-57(40-50)58-42-51(45-21-10-3-11-22-45)41-56(48-23-12-4-13-24-48)60(58)62(59)52-26-14-5-15-27-52/h1-42H. The molecular weight excluding hydrogens is 749 g/mol. The summed E-state index contributed by atoms with van der Waals surface area (Å²) in [5, 5.41) is 2.44. The molecule has 0 aliphatic rings. The molecule has 0 aliphatic carbocycles. The van der Waals surface area contributed by atoms with Crippen LogP contribution in [0.25, 0.3) is 83.1 Å². The van der Waals surface area contributed by atoms with Gasteiger partial charge in [-0.15, -0.1) is 0 Å². The summed E-state index contributed by atoms with van der Waals surface area (Å²) in [5.74, 6) is 0. The summed E-state index contributed by atoms with van der Waals surface area (Å²) in [6, 6.07) is 92.1. The molecule has 0 unspecified atom stereocenters. The third-order valence-corrected chi connectivity index (χ3v) is 12.0. The van der Waals surface area contributed by atoms with Crippen LogP contribution in [-0.4, -0.2) is 4.57 Å². The molecule has 11 rings (SSSR count). The lowest BCUT2D eigenvalue weighted by molar-refractivity contribution is 1.18. The maximum atomic E-state index is 2.45. The fraction of sp³-hybridized carbons (Fsp3) is 0. The lowest BCUT2D eigenvalue weighted by atomic mass is 9.95. The van der Waals surface area contributed by atoms with Gasteiger partial charge in [-0.2, -0.15) is 0 Å². The zero-order chi connectivity index (χ0) is 41.2. The van der Waals surface area contributed by atoms with Crippen LogP contribution in [-0.2, 0) is 0 Å². The zero-order valence-electron chi connectivity index (χ0n) is 34.1. The monoisotopic (exact) mass is 790 g/mol. The molecule has 0 saturated carbocycles. The van der Waals surface area contributed by atoms with Crippen LogP contribution in [0.4, 0.5) is 17.1 Å². The minimum Gasteiger partial charge on any atom is -0.310 e. The van der Waals surface area contributed by atoms with Crippen LogP contribution in [0.2, 0.25) is 0 Å². The summed E-state index contributed by atoms with van der Waals surface area (Å²) < 4.78 is 2.45. The number of aromatic nitrogens is 1. The first-order chi connectivity index (χ1) is 30.7. The Morgan fingerprint density at radius 2 is 0.677 bits per heavy atom. The fourth-order valence-corrected chi connectivity index (χ4v) is 8.95. The van der Waals surface area contributed by atoms with Crippen LogP contribution >= 0.6 is 0 Å². The van der Waals surface area contributed by atoms with Gasteiger partial charge in [-0.3, -0.25) is 0 Å². The van der Waals surface area contributed by atoms with Crippen molar-refractivity contribution in [2.45, 2.75) is 0 Å². The van der Waals surface area contributed by atoms with Crippen molar-refractivity contribution >= 4 is 38.9 Å². The highest BCUT2D eigenvalue weighted by Gasteiger charge is 2.20. The second-order valence-corrected chi connectivity index (χ2v) is 15.8. The lowest BCUT2D eigenvalue weighted by Crippen LogP contribution is -2.10. The molecule has 0 saturated heterocycles. The molecule has 0 N–H and O–H groups in total. The normalized spacial score (nSPS) is 11.2. The van der Waals surface area contributed by atoms with Gasteiger partial charge >= 0.3 is 0 Å². The Bertz CT molecular complexity index is 3200. The Labute approximate surface area is 362 Å². The van der Waals surface area contributed by atoms with E-state index in [4.69, 9.17) is 0 Å². The number of hydrogen-bond donors (Lipinski definition) is 0. The van der Waals surface area contributed by atoms with Crippen molar-refractivity contribution in [1.29, 1.82) is 0 Å². The molecule has 1 heterocycles. The van der Waals surface area contributed by atoms with E-state index in [0.717, 1.165) is 33.9 Å². The number of nitrogens with zero attached hydrogens (tertiary/aromatic N) is 2. The van der Waals surface area contributed by atoms with E-state index in [1.54, 1.807) is 0 Å². The minimum atomic E-state index is 1.09. The van der Waals surface area contributed by atoms with E-state index in [1.165, 1.54) is 66.3 Å². The summed E-state index contributed by atoms with van der Waals surface area (Å²) >= 11 is 0. The molecular formula is C60H42N2. The van der Waals surface area contributed by atoms with Gasteiger partial charge in [0.25, 0.3) is 0 Å². The molecule has 2 nitrogen and oxygen atoms in total. The molecule has 0 amide bonds. The smallest absolute Gasteiger partial charge is 0.0619 e. The van der Waals surface area contributed by atoms with Crippen LogP contribution in [0.3, 0.4) is 0 Å². The van der Waals surface area contributed by atoms with E-state index in [1.807, 2.05) is 0 Å². The highest BCUT2D eigenvalue weighted by atomic mass is 15.1. The minimum absolute atomic E-state index is 1.09. The van der Waals surface area contributed by atoms with E-state index in [-0.39, 0.29) is 0 Å². The highest BCUT2D eigenvalue weighted by Crippen LogP contribution is 2.44. The van der Waals surface area contributed by atoms with Gasteiger partial charge in [0.05, 0.1) is 11.0 Å². The number of hydrogen-bond acceptors (Lipinski definition) is 1. The second kappa shape index (κ2) is 16.1. The van der Waals surface area contributed by atoms with Crippen molar-refractivity contribution in [1.82, 2.24) is 4.57 Å². The Morgan fingerprint density at radius 1 is 0.258 bits per heavy atom. The van der Waals surface area contributed by atoms with E-state index in [9.17, 15) is 0 Å². The van der Waals surface area contributed by atoms with Gasteiger partial charge in [-0.1, -0.05) is 182 Å². The average molecular weight is 791 g/mol. The summed E-state index contributed by atoms with van der Waals surface area (Å²) in [5.41, 5.74) is 18.7. The van der Waals surface area contributed by atoms with Crippen LogP contribution in [0.15, 0.2) is 255 Å². The van der Waals surface area contributed by atoms with Crippen molar-refractivity contribution in [3.63, 3.8) is 0 Å². The van der Waals surface area contributed by atoms with E-state index >= 15 is 0 Å². The zero-order valence-corrected chi connectivity index (χ0v) is 34.1. The molecule has 0 spiro atoms. The number of rotatable bonds is 9. The Kier molecular flexibility index (Phi) is 9.57. The first-order valence-corrected chi connectivity index (χ1v) is 21.3. The Hall–Kier alpha value is -8.20.